The van der Waals surface area contributed by atoms with E-state index in [2.05, 4.69) is 33.2 Å². The molecule has 0 fully saturated rings. The lowest BCUT2D eigenvalue weighted by Gasteiger charge is -2.08. The Labute approximate surface area is 123 Å². The van der Waals surface area contributed by atoms with E-state index in [1.807, 2.05) is 0 Å². The molecule has 0 heterocycles. The minimum Gasteiger partial charge on any atom is -0.337 e. The first-order valence-electron chi connectivity index (χ1n) is 4.78. The largest absolute Gasteiger partial charge is 0.337 e. The van der Waals surface area contributed by atoms with Crippen LogP contribution in [0.15, 0.2) is 18.2 Å². The van der Waals surface area contributed by atoms with E-state index in [-0.39, 0.29) is 12.3 Å². The van der Waals surface area contributed by atoms with Gasteiger partial charge >= 0.3 is 6.03 Å². The number of hydrogen-bond acceptors (Lipinski definition) is 3. The molecule has 0 saturated carbocycles. The summed E-state index contributed by atoms with van der Waals surface area (Å²) >= 11 is 8.01. The number of rotatable bonds is 4. The second-order valence-corrected chi connectivity index (χ2v) is 6.76. The third-order valence-corrected chi connectivity index (χ3v) is 3.61. The van der Waals surface area contributed by atoms with Gasteiger partial charge in [0, 0.05) is 10.1 Å². The quantitative estimate of drug-likeness (QED) is 0.662. The van der Waals surface area contributed by atoms with Crippen LogP contribution in [0.25, 0.3) is 0 Å². The van der Waals surface area contributed by atoms with Crippen LogP contribution in [0.1, 0.15) is 0 Å². The Morgan fingerprint density at radius 2 is 2.11 bits per heavy atom. The maximum Gasteiger partial charge on any atom is 0.319 e. The molecule has 0 radical (unpaired) electrons. The van der Waals surface area contributed by atoms with Crippen LogP contribution in [0.5, 0.6) is 0 Å². The number of carbonyl (C=O) groups is 1. The summed E-state index contributed by atoms with van der Waals surface area (Å²) in [4.78, 5) is 11.4. The van der Waals surface area contributed by atoms with Crippen LogP contribution in [0.3, 0.4) is 0 Å². The molecule has 0 atom stereocenters. The molecule has 18 heavy (non-hydrogen) atoms. The number of nitrogens with one attached hydrogen (secondary N) is 2. The highest BCUT2D eigenvalue weighted by Gasteiger charge is 2.07. The number of urea groups is 1. The van der Waals surface area contributed by atoms with Gasteiger partial charge < -0.3 is 10.6 Å². The van der Waals surface area contributed by atoms with Gasteiger partial charge in [-0.1, -0.05) is 11.6 Å². The molecule has 4 N–H and O–H groups in total. The van der Waals surface area contributed by atoms with E-state index in [1.165, 1.54) is 0 Å². The SMILES string of the molecule is NS(=O)(=O)CCNC(=O)Nc1ccc(I)cc1Cl. The molecule has 100 valence electrons. The van der Waals surface area contributed by atoms with Crippen molar-refractivity contribution in [1.82, 2.24) is 5.32 Å². The molecule has 0 aliphatic carbocycles. The van der Waals surface area contributed by atoms with Crippen LogP contribution in [0, 0.1) is 3.57 Å². The Morgan fingerprint density at radius 3 is 2.67 bits per heavy atom. The molecule has 0 unspecified atom stereocenters. The summed E-state index contributed by atoms with van der Waals surface area (Å²) in [6.07, 6.45) is 0. The Bertz CT molecular complexity index is 550. The maximum absolute atomic E-state index is 11.4. The van der Waals surface area contributed by atoms with Gasteiger partial charge in [0.15, 0.2) is 0 Å². The first-order valence-corrected chi connectivity index (χ1v) is 7.95. The summed E-state index contributed by atoms with van der Waals surface area (Å²) in [5.41, 5.74) is 0.449. The van der Waals surface area contributed by atoms with E-state index >= 15 is 0 Å². The van der Waals surface area contributed by atoms with Crippen molar-refractivity contribution >= 4 is 55.9 Å². The molecule has 0 saturated heterocycles. The second kappa shape index (κ2) is 6.55. The molecule has 1 aromatic carbocycles. The van der Waals surface area contributed by atoms with Gasteiger partial charge in [0.25, 0.3) is 0 Å². The molecule has 0 spiro atoms. The van der Waals surface area contributed by atoms with Gasteiger partial charge in [-0.3, -0.25) is 0 Å². The van der Waals surface area contributed by atoms with Gasteiger partial charge in [-0.15, -0.1) is 0 Å². The zero-order valence-corrected chi connectivity index (χ0v) is 12.8. The Kier molecular flexibility index (Phi) is 5.63. The van der Waals surface area contributed by atoms with E-state index in [4.69, 9.17) is 16.7 Å². The minimum absolute atomic E-state index is 0.0628. The highest BCUT2D eigenvalue weighted by Crippen LogP contribution is 2.23. The number of hydrogen-bond donors (Lipinski definition) is 3. The van der Waals surface area contributed by atoms with Gasteiger partial charge in [-0.05, 0) is 40.8 Å². The average molecular weight is 404 g/mol. The third kappa shape index (κ3) is 5.85. The van der Waals surface area contributed by atoms with Crippen molar-refractivity contribution in [3.05, 3.63) is 26.8 Å². The minimum atomic E-state index is -3.58. The number of halogens is 2. The van der Waals surface area contributed by atoms with Crippen molar-refractivity contribution in [2.45, 2.75) is 0 Å². The maximum atomic E-state index is 11.4. The van der Waals surface area contributed by atoms with E-state index in [0.29, 0.717) is 10.7 Å². The lowest BCUT2D eigenvalue weighted by molar-refractivity contribution is 0.252. The van der Waals surface area contributed by atoms with Crippen molar-refractivity contribution in [3.63, 3.8) is 0 Å². The molecular weight excluding hydrogens is 393 g/mol. The van der Waals surface area contributed by atoms with E-state index in [1.54, 1.807) is 18.2 Å². The Balaban J connectivity index is 2.50. The fourth-order valence-corrected chi connectivity index (χ4v) is 2.35. The van der Waals surface area contributed by atoms with Gasteiger partial charge in [0.2, 0.25) is 10.0 Å². The predicted molar refractivity (Wildman–Crippen MR) is 79.2 cm³/mol. The van der Waals surface area contributed by atoms with Crippen LogP contribution < -0.4 is 15.8 Å². The fourth-order valence-electron chi connectivity index (χ4n) is 1.06. The van der Waals surface area contributed by atoms with E-state index < -0.39 is 16.1 Å². The highest BCUT2D eigenvalue weighted by molar-refractivity contribution is 14.1. The summed E-state index contributed by atoms with van der Waals surface area (Å²) in [6.45, 7) is -0.0628. The van der Waals surface area contributed by atoms with Crippen molar-refractivity contribution in [2.75, 3.05) is 17.6 Å². The average Bonchev–Trinajstić information content (AvgIpc) is 2.20. The lowest BCUT2D eigenvalue weighted by atomic mass is 10.3. The summed E-state index contributed by atoms with van der Waals surface area (Å²) in [6, 6.07) is 4.60. The highest BCUT2D eigenvalue weighted by atomic mass is 127. The van der Waals surface area contributed by atoms with Crippen LogP contribution >= 0.6 is 34.2 Å². The smallest absolute Gasteiger partial charge is 0.319 e. The normalized spacial score (nSPS) is 11.1. The molecule has 0 aliphatic rings. The number of carbonyl (C=O) groups excluding carboxylic acids is 1. The summed E-state index contributed by atoms with van der Waals surface area (Å²) < 4.78 is 22.2. The van der Waals surface area contributed by atoms with Crippen molar-refractivity contribution in [3.8, 4) is 0 Å². The predicted octanol–water partition coefficient (Wildman–Crippen LogP) is 1.35. The number of amides is 2. The fraction of sp³-hybridized carbons (Fsp3) is 0.222. The monoisotopic (exact) mass is 403 g/mol. The number of anilines is 1. The van der Waals surface area contributed by atoms with Crippen molar-refractivity contribution in [1.29, 1.82) is 0 Å². The lowest BCUT2D eigenvalue weighted by Crippen LogP contribution is -2.34. The standard InChI is InChI=1S/C9H11ClIN3O3S/c10-7-5-6(11)1-2-8(7)14-9(15)13-3-4-18(12,16)17/h1-2,5H,3-4H2,(H2,12,16,17)(H2,13,14,15). The third-order valence-electron chi connectivity index (χ3n) is 1.85. The Hall–Kier alpha value is -0.580. The first-order chi connectivity index (χ1) is 8.28. The molecule has 1 rings (SSSR count). The number of sulfonamides is 1. The number of primary sulfonamides is 1. The van der Waals surface area contributed by atoms with Crippen LogP contribution in [0.2, 0.25) is 5.02 Å². The molecule has 0 aliphatic heterocycles. The van der Waals surface area contributed by atoms with Gasteiger partial charge in [0.05, 0.1) is 16.5 Å². The van der Waals surface area contributed by atoms with Crippen LogP contribution in [-0.2, 0) is 10.0 Å². The van der Waals surface area contributed by atoms with E-state index in [9.17, 15) is 13.2 Å². The zero-order chi connectivity index (χ0) is 13.8. The molecule has 9 heteroatoms. The summed E-state index contributed by atoms with van der Waals surface area (Å²) in [7, 11) is -3.58. The number of nitrogens with two attached hydrogens (primary N) is 1. The second-order valence-electron chi connectivity index (χ2n) is 3.37. The van der Waals surface area contributed by atoms with Crippen LogP contribution in [0.4, 0.5) is 10.5 Å². The van der Waals surface area contributed by atoms with Crippen molar-refractivity contribution in [2.24, 2.45) is 5.14 Å². The molecular formula is C9H11ClIN3O3S. The molecule has 1 aromatic rings. The number of benzene rings is 1. The topological polar surface area (TPSA) is 101 Å². The molecule has 6 nitrogen and oxygen atoms in total. The Morgan fingerprint density at radius 1 is 1.44 bits per heavy atom. The van der Waals surface area contributed by atoms with Gasteiger partial charge in [-0.25, -0.2) is 18.4 Å². The first kappa shape index (κ1) is 15.5. The van der Waals surface area contributed by atoms with Crippen LogP contribution in [-0.4, -0.2) is 26.7 Å². The summed E-state index contributed by atoms with van der Waals surface area (Å²) in [5, 5.41) is 10.1. The van der Waals surface area contributed by atoms with Crippen molar-refractivity contribution < 1.29 is 13.2 Å². The molecule has 2 amide bonds. The molecule has 0 aromatic heterocycles. The summed E-state index contributed by atoms with van der Waals surface area (Å²) in [5.74, 6) is -0.319. The van der Waals surface area contributed by atoms with E-state index in [0.717, 1.165) is 3.57 Å². The van der Waals surface area contributed by atoms with Gasteiger partial charge in [0.1, 0.15) is 0 Å². The molecule has 0 bridgehead atoms. The zero-order valence-electron chi connectivity index (χ0n) is 9.11. The van der Waals surface area contributed by atoms with Gasteiger partial charge in [-0.2, -0.15) is 0 Å².